The number of benzene rings is 2. The summed E-state index contributed by atoms with van der Waals surface area (Å²) in [5, 5.41) is -0.453. The van der Waals surface area contributed by atoms with Crippen molar-refractivity contribution in [2.75, 3.05) is 12.9 Å². The highest BCUT2D eigenvalue weighted by Gasteiger charge is 2.38. The van der Waals surface area contributed by atoms with E-state index in [2.05, 4.69) is 4.98 Å². The van der Waals surface area contributed by atoms with Crippen LogP contribution in [0.2, 0.25) is 5.02 Å². The Labute approximate surface area is 175 Å². The molecular weight excluding hydrogens is 451 g/mol. The molecule has 1 aromatic heterocycles. The van der Waals surface area contributed by atoms with Crippen LogP contribution in [0.1, 0.15) is 5.56 Å². The summed E-state index contributed by atoms with van der Waals surface area (Å²) in [4.78, 5) is 16.1. The largest absolute Gasteiger partial charge is 0.417 e. The monoisotopic (exact) mass is 462 g/mol. The summed E-state index contributed by atoms with van der Waals surface area (Å²) < 4.78 is 76.8. The van der Waals surface area contributed by atoms with E-state index in [0.29, 0.717) is 6.07 Å². The van der Waals surface area contributed by atoms with Gasteiger partial charge in [-0.2, -0.15) is 13.2 Å². The van der Waals surface area contributed by atoms with Crippen molar-refractivity contribution < 1.29 is 26.7 Å². The van der Waals surface area contributed by atoms with Crippen LogP contribution in [0.25, 0.3) is 22.0 Å². The van der Waals surface area contributed by atoms with E-state index in [0.717, 1.165) is 30.1 Å². The van der Waals surface area contributed by atoms with E-state index >= 15 is 0 Å². The number of aromatic nitrogens is 2. The van der Waals surface area contributed by atoms with Crippen molar-refractivity contribution in [1.82, 2.24) is 9.55 Å². The number of ether oxygens (including phenoxy) is 1. The molecule has 4 nitrogen and oxygen atoms in total. The number of methoxy groups -OCH3 is 1. The molecule has 0 saturated heterocycles. The van der Waals surface area contributed by atoms with Crippen molar-refractivity contribution in [3.63, 3.8) is 0 Å². The van der Waals surface area contributed by atoms with Gasteiger partial charge in [-0.1, -0.05) is 11.6 Å². The fourth-order valence-corrected chi connectivity index (χ4v) is 4.91. The summed E-state index contributed by atoms with van der Waals surface area (Å²) in [5.74, 6) is -2.09. The number of rotatable bonds is 2. The molecule has 30 heavy (non-hydrogen) atoms. The maximum absolute atomic E-state index is 14.7. The van der Waals surface area contributed by atoms with Crippen molar-refractivity contribution >= 4 is 34.3 Å². The SMILES string of the molecule is COC1CSc2c(-c3cc(Cl)c(F)cc3F)c(C(F)(F)F)cc3cnc(=O)n(c23)C1. The van der Waals surface area contributed by atoms with Crippen LogP contribution >= 0.6 is 23.4 Å². The Bertz CT molecular complexity index is 1230. The Balaban J connectivity index is 2.18. The van der Waals surface area contributed by atoms with Crippen LogP contribution in [0.15, 0.2) is 34.1 Å². The third kappa shape index (κ3) is 3.46. The zero-order chi connectivity index (χ0) is 21.8. The third-order valence-corrected chi connectivity index (χ3v) is 6.33. The molecule has 2 aromatic carbocycles. The number of hydrogen-bond donors (Lipinski definition) is 0. The first kappa shape index (κ1) is 21.1. The predicted molar refractivity (Wildman–Crippen MR) is 103 cm³/mol. The first-order valence-corrected chi connectivity index (χ1v) is 9.92. The Kier molecular flexibility index (Phi) is 5.27. The average Bonchev–Trinajstić information content (AvgIpc) is 2.88. The number of alkyl halides is 3. The fraction of sp³-hybridized carbons (Fsp3) is 0.263. The molecule has 0 aliphatic carbocycles. The molecule has 158 valence electrons. The second-order valence-electron chi connectivity index (χ2n) is 6.63. The van der Waals surface area contributed by atoms with Gasteiger partial charge in [0, 0.05) is 46.5 Å². The first-order chi connectivity index (χ1) is 14.1. The molecule has 3 aromatic rings. The first-order valence-electron chi connectivity index (χ1n) is 8.56. The second-order valence-corrected chi connectivity index (χ2v) is 8.07. The van der Waals surface area contributed by atoms with Crippen LogP contribution in [0, 0.1) is 11.6 Å². The van der Waals surface area contributed by atoms with Gasteiger partial charge in [0.2, 0.25) is 0 Å². The van der Waals surface area contributed by atoms with Crippen LogP contribution in [0.4, 0.5) is 22.0 Å². The standard InChI is InChI=1S/C19H12ClF5N2O2S/c1-29-9-6-27-16-8(5-26-18(27)28)2-11(19(23,24)25)15(17(16)30-7-9)10-3-12(20)14(22)4-13(10)21/h2-5,9H,6-7H2,1H3. The summed E-state index contributed by atoms with van der Waals surface area (Å²) in [7, 11) is 1.42. The van der Waals surface area contributed by atoms with Gasteiger partial charge >= 0.3 is 11.9 Å². The van der Waals surface area contributed by atoms with Gasteiger partial charge in [0.1, 0.15) is 11.6 Å². The van der Waals surface area contributed by atoms with Gasteiger partial charge < -0.3 is 4.74 Å². The zero-order valence-electron chi connectivity index (χ0n) is 15.2. The van der Waals surface area contributed by atoms with Crippen molar-refractivity contribution in [2.24, 2.45) is 0 Å². The lowest BCUT2D eigenvalue weighted by atomic mass is 9.96. The van der Waals surface area contributed by atoms with Crippen LogP contribution < -0.4 is 5.69 Å². The summed E-state index contributed by atoms with van der Waals surface area (Å²) in [6, 6.07) is 2.07. The van der Waals surface area contributed by atoms with Gasteiger partial charge in [-0.15, -0.1) is 11.8 Å². The maximum Gasteiger partial charge on any atom is 0.417 e. The topological polar surface area (TPSA) is 44.1 Å². The van der Waals surface area contributed by atoms with E-state index in [1.165, 1.54) is 11.7 Å². The lowest BCUT2D eigenvalue weighted by Gasteiger charge is -2.20. The molecule has 0 bridgehead atoms. The third-order valence-electron chi connectivity index (χ3n) is 4.82. The molecular formula is C19H12ClF5N2O2S. The van der Waals surface area contributed by atoms with Crippen molar-refractivity contribution in [3.8, 4) is 11.1 Å². The zero-order valence-corrected chi connectivity index (χ0v) is 16.8. The Morgan fingerprint density at radius 1 is 1.23 bits per heavy atom. The summed E-state index contributed by atoms with van der Waals surface area (Å²) in [5.41, 5.74) is -2.64. The molecule has 2 heterocycles. The smallest absolute Gasteiger partial charge is 0.379 e. The Hall–Kier alpha value is -2.17. The molecule has 1 aliphatic heterocycles. The van der Waals surface area contributed by atoms with Gasteiger partial charge in [-0.05, 0) is 12.1 Å². The Morgan fingerprint density at radius 3 is 2.63 bits per heavy atom. The summed E-state index contributed by atoms with van der Waals surface area (Å²) in [6.45, 7) is 0.0666. The molecule has 11 heteroatoms. The van der Waals surface area contributed by atoms with E-state index in [1.807, 2.05) is 0 Å². The molecule has 1 atom stereocenters. The number of hydrogen-bond acceptors (Lipinski definition) is 4. The van der Waals surface area contributed by atoms with Crippen LogP contribution in [0.3, 0.4) is 0 Å². The van der Waals surface area contributed by atoms with Crippen molar-refractivity contribution in [2.45, 2.75) is 23.7 Å². The van der Waals surface area contributed by atoms with Crippen LogP contribution in [-0.4, -0.2) is 28.5 Å². The van der Waals surface area contributed by atoms with E-state index in [1.54, 1.807) is 0 Å². The van der Waals surface area contributed by atoms with Crippen LogP contribution in [0.5, 0.6) is 0 Å². The summed E-state index contributed by atoms with van der Waals surface area (Å²) in [6.07, 6.45) is -4.29. The molecule has 1 aliphatic rings. The highest BCUT2D eigenvalue weighted by atomic mass is 35.5. The lowest BCUT2D eigenvalue weighted by molar-refractivity contribution is -0.137. The molecule has 0 fully saturated rings. The van der Waals surface area contributed by atoms with E-state index in [-0.39, 0.29) is 28.1 Å². The van der Waals surface area contributed by atoms with Crippen LogP contribution in [-0.2, 0) is 17.5 Å². The number of thioether (sulfide) groups is 1. The molecule has 0 N–H and O–H groups in total. The Morgan fingerprint density at radius 2 is 1.97 bits per heavy atom. The minimum atomic E-state index is -4.86. The van der Waals surface area contributed by atoms with Crippen molar-refractivity contribution in [3.05, 3.63) is 57.1 Å². The van der Waals surface area contributed by atoms with Gasteiger partial charge in [0.05, 0.1) is 28.8 Å². The van der Waals surface area contributed by atoms with Crippen molar-refractivity contribution in [1.29, 1.82) is 0 Å². The van der Waals surface area contributed by atoms with Gasteiger partial charge in [-0.25, -0.2) is 18.6 Å². The molecule has 0 radical (unpaired) electrons. The number of halogens is 6. The maximum atomic E-state index is 14.7. The molecule has 0 spiro atoms. The molecule has 4 rings (SSSR count). The highest BCUT2D eigenvalue weighted by Crippen LogP contribution is 2.47. The second kappa shape index (κ2) is 7.51. The molecule has 1 unspecified atom stereocenters. The van der Waals surface area contributed by atoms with E-state index in [4.69, 9.17) is 16.3 Å². The normalized spacial score (nSPS) is 16.7. The fourth-order valence-electron chi connectivity index (χ4n) is 3.42. The summed E-state index contributed by atoms with van der Waals surface area (Å²) >= 11 is 6.75. The van der Waals surface area contributed by atoms with E-state index in [9.17, 15) is 26.7 Å². The number of nitrogens with zero attached hydrogens (tertiary/aromatic N) is 2. The lowest BCUT2D eigenvalue weighted by Crippen LogP contribution is -2.29. The molecule has 0 amide bonds. The van der Waals surface area contributed by atoms with Gasteiger partial charge in [0.25, 0.3) is 0 Å². The predicted octanol–water partition coefficient (Wildman–Crippen LogP) is 5.13. The molecule has 0 saturated carbocycles. The quantitative estimate of drug-likeness (QED) is 0.391. The average molecular weight is 463 g/mol. The minimum absolute atomic E-state index is 0.0282. The van der Waals surface area contributed by atoms with Gasteiger partial charge in [0.15, 0.2) is 0 Å². The van der Waals surface area contributed by atoms with Gasteiger partial charge in [-0.3, -0.25) is 4.57 Å². The highest BCUT2D eigenvalue weighted by molar-refractivity contribution is 7.99. The van der Waals surface area contributed by atoms with E-state index < -0.39 is 51.3 Å². The minimum Gasteiger partial charge on any atom is -0.379 e.